The highest BCUT2D eigenvalue weighted by Crippen LogP contribution is 2.25. The van der Waals surface area contributed by atoms with Crippen LogP contribution in [-0.2, 0) is 11.3 Å². The largest absolute Gasteiger partial charge is 0.481 e. The van der Waals surface area contributed by atoms with Crippen molar-refractivity contribution >= 4 is 11.9 Å². The molecule has 1 N–H and O–H groups in total. The van der Waals surface area contributed by atoms with E-state index in [1.807, 2.05) is 6.92 Å². The fourth-order valence-electron chi connectivity index (χ4n) is 2.29. The molecule has 1 unspecified atom stereocenters. The number of aromatic nitrogens is 2. The zero-order valence-electron chi connectivity index (χ0n) is 12.2. The minimum atomic E-state index is -0.846. The molecule has 1 aromatic heterocycles. The molecule has 0 saturated carbocycles. The summed E-state index contributed by atoms with van der Waals surface area (Å²) in [5.41, 5.74) is -0.00105. The van der Waals surface area contributed by atoms with Crippen LogP contribution in [0.1, 0.15) is 30.8 Å². The van der Waals surface area contributed by atoms with Crippen LogP contribution in [0, 0.1) is 11.8 Å². The van der Waals surface area contributed by atoms with Gasteiger partial charge < -0.3 is 10.0 Å². The number of hydrogen-bond donors (Lipinski definition) is 1. The molecule has 1 amide bonds. The van der Waals surface area contributed by atoms with E-state index < -0.39 is 11.9 Å². The Hall–Kier alpha value is -2.18. The normalized spacial score (nSPS) is 16.4. The standard InChI is InChI=1S/C14H19N3O4/c1-3-6-17-12(18)5-4-11(15-17)13(19)16-7-10(8-16)9(2)14(20)21/h4-5,9-10H,3,6-8H2,1-2H3,(H,20,21). The van der Waals surface area contributed by atoms with Crippen LogP contribution in [0.15, 0.2) is 16.9 Å². The first-order valence-corrected chi connectivity index (χ1v) is 7.04. The minimum Gasteiger partial charge on any atom is -0.481 e. The fraction of sp³-hybridized carbons (Fsp3) is 0.571. The van der Waals surface area contributed by atoms with Gasteiger partial charge in [0.2, 0.25) is 0 Å². The number of carbonyl (C=O) groups is 2. The van der Waals surface area contributed by atoms with E-state index in [1.54, 1.807) is 11.8 Å². The van der Waals surface area contributed by atoms with E-state index in [0.29, 0.717) is 19.6 Å². The van der Waals surface area contributed by atoms with Crippen LogP contribution in [0.3, 0.4) is 0 Å². The number of amides is 1. The number of nitrogens with zero attached hydrogens (tertiary/aromatic N) is 3. The van der Waals surface area contributed by atoms with Gasteiger partial charge in [0.1, 0.15) is 5.69 Å². The van der Waals surface area contributed by atoms with Gasteiger partial charge in [-0.25, -0.2) is 4.68 Å². The topological polar surface area (TPSA) is 92.5 Å². The van der Waals surface area contributed by atoms with Crippen LogP contribution in [0.5, 0.6) is 0 Å². The second-order valence-corrected chi connectivity index (χ2v) is 5.38. The van der Waals surface area contributed by atoms with E-state index >= 15 is 0 Å². The Morgan fingerprint density at radius 3 is 2.67 bits per heavy atom. The van der Waals surface area contributed by atoms with E-state index in [2.05, 4.69) is 5.10 Å². The van der Waals surface area contributed by atoms with Crippen molar-refractivity contribution in [3.8, 4) is 0 Å². The van der Waals surface area contributed by atoms with Crippen LogP contribution in [0.2, 0.25) is 0 Å². The molecule has 0 aliphatic carbocycles. The van der Waals surface area contributed by atoms with Gasteiger partial charge in [0.05, 0.1) is 5.92 Å². The van der Waals surface area contributed by atoms with Gasteiger partial charge >= 0.3 is 5.97 Å². The van der Waals surface area contributed by atoms with Crippen LogP contribution < -0.4 is 5.56 Å². The summed E-state index contributed by atoms with van der Waals surface area (Å²) in [6.45, 7) is 4.88. The monoisotopic (exact) mass is 293 g/mol. The lowest BCUT2D eigenvalue weighted by molar-refractivity contribution is -0.144. The molecule has 0 radical (unpaired) electrons. The lowest BCUT2D eigenvalue weighted by Crippen LogP contribution is -2.53. The van der Waals surface area contributed by atoms with Crippen LogP contribution in [0.25, 0.3) is 0 Å². The van der Waals surface area contributed by atoms with Gasteiger partial charge in [0.25, 0.3) is 11.5 Å². The van der Waals surface area contributed by atoms with Gasteiger partial charge in [-0.1, -0.05) is 13.8 Å². The SMILES string of the molecule is CCCn1nc(C(=O)N2CC(C(C)C(=O)O)C2)ccc1=O. The molecular formula is C14H19N3O4. The van der Waals surface area contributed by atoms with Gasteiger partial charge in [0, 0.05) is 31.6 Å². The molecule has 2 heterocycles. The highest BCUT2D eigenvalue weighted by Gasteiger charge is 2.37. The number of carbonyl (C=O) groups excluding carboxylic acids is 1. The van der Waals surface area contributed by atoms with Crippen molar-refractivity contribution in [1.82, 2.24) is 14.7 Å². The number of aryl methyl sites for hydroxylation is 1. The summed E-state index contributed by atoms with van der Waals surface area (Å²) in [5.74, 6) is -1.58. The number of likely N-dealkylation sites (tertiary alicyclic amines) is 1. The predicted octanol–water partition coefficient (Wildman–Crippen LogP) is 0.446. The van der Waals surface area contributed by atoms with Crippen LogP contribution in [-0.4, -0.2) is 44.8 Å². The third-order valence-electron chi connectivity index (χ3n) is 3.81. The molecule has 1 aromatic rings. The van der Waals surface area contributed by atoms with Crippen LogP contribution >= 0.6 is 0 Å². The highest BCUT2D eigenvalue weighted by atomic mass is 16.4. The molecule has 1 saturated heterocycles. The Kier molecular flexibility index (Phi) is 4.40. The Morgan fingerprint density at radius 2 is 2.10 bits per heavy atom. The molecule has 1 atom stereocenters. The summed E-state index contributed by atoms with van der Waals surface area (Å²) < 4.78 is 1.28. The fourth-order valence-corrected chi connectivity index (χ4v) is 2.29. The van der Waals surface area contributed by atoms with Gasteiger partial charge in [-0.05, 0) is 12.5 Å². The maximum atomic E-state index is 12.2. The molecule has 0 spiro atoms. The maximum Gasteiger partial charge on any atom is 0.306 e. The molecule has 1 aliphatic rings. The third kappa shape index (κ3) is 3.12. The van der Waals surface area contributed by atoms with Crippen molar-refractivity contribution in [2.24, 2.45) is 11.8 Å². The second-order valence-electron chi connectivity index (χ2n) is 5.38. The van der Waals surface area contributed by atoms with Crippen molar-refractivity contribution in [2.75, 3.05) is 13.1 Å². The number of aliphatic carboxylic acids is 1. The summed E-state index contributed by atoms with van der Waals surface area (Å²) in [5, 5.41) is 13.0. The van der Waals surface area contributed by atoms with E-state index in [1.165, 1.54) is 16.8 Å². The Morgan fingerprint density at radius 1 is 1.43 bits per heavy atom. The third-order valence-corrected chi connectivity index (χ3v) is 3.81. The molecular weight excluding hydrogens is 274 g/mol. The highest BCUT2D eigenvalue weighted by molar-refractivity contribution is 5.92. The first-order valence-electron chi connectivity index (χ1n) is 7.04. The van der Waals surface area contributed by atoms with E-state index in [-0.39, 0.29) is 23.1 Å². The lowest BCUT2D eigenvalue weighted by Gasteiger charge is -2.40. The maximum absolute atomic E-state index is 12.2. The van der Waals surface area contributed by atoms with E-state index in [9.17, 15) is 14.4 Å². The Balaban J connectivity index is 2.04. The van der Waals surface area contributed by atoms with E-state index in [4.69, 9.17) is 5.11 Å². The zero-order valence-corrected chi connectivity index (χ0v) is 12.2. The summed E-state index contributed by atoms with van der Waals surface area (Å²) in [6.07, 6.45) is 0.756. The number of carboxylic acids is 1. The van der Waals surface area contributed by atoms with Crippen LogP contribution in [0.4, 0.5) is 0 Å². The summed E-state index contributed by atoms with van der Waals surface area (Å²) in [6, 6.07) is 2.76. The predicted molar refractivity (Wildman–Crippen MR) is 75.0 cm³/mol. The van der Waals surface area contributed by atoms with Gasteiger partial charge in [-0.15, -0.1) is 0 Å². The number of carboxylic acid groups (broad SMARTS) is 1. The summed E-state index contributed by atoms with van der Waals surface area (Å²) in [7, 11) is 0. The molecule has 0 bridgehead atoms. The van der Waals surface area contributed by atoms with E-state index in [0.717, 1.165) is 6.42 Å². The van der Waals surface area contributed by atoms with Crippen molar-refractivity contribution in [1.29, 1.82) is 0 Å². The molecule has 7 heteroatoms. The van der Waals surface area contributed by atoms with Crippen molar-refractivity contribution in [2.45, 2.75) is 26.8 Å². The van der Waals surface area contributed by atoms with Gasteiger partial charge in [0.15, 0.2) is 0 Å². The minimum absolute atomic E-state index is 0.0204. The Labute approximate surface area is 122 Å². The smallest absolute Gasteiger partial charge is 0.306 e. The Bertz CT molecular complexity index is 604. The molecule has 2 rings (SSSR count). The van der Waals surface area contributed by atoms with Gasteiger partial charge in [-0.2, -0.15) is 5.10 Å². The van der Waals surface area contributed by atoms with Crippen molar-refractivity contribution in [3.63, 3.8) is 0 Å². The quantitative estimate of drug-likeness (QED) is 0.850. The number of hydrogen-bond acceptors (Lipinski definition) is 4. The van der Waals surface area contributed by atoms with Crippen molar-refractivity contribution < 1.29 is 14.7 Å². The first-order chi connectivity index (χ1) is 9.93. The average Bonchev–Trinajstić information content (AvgIpc) is 2.39. The van der Waals surface area contributed by atoms with Gasteiger partial charge in [-0.3, -0.25) is 14.4 Å². The first kappa shape index (κ1) is 15.2. The summed E-state index contributed by atoms with van der Waals surface area (Å²) >= 11 is 0. The second kappa shape index (κ2) is 6.07. The molecule has 0 aromatic carbocycles. The lowest BCUT2D eigenvalue weighted by atomic mass is 9.87. The summed E-state index contributed by atoms with van der Waals surface area (Å²) in [4.78, 5) is 36.2. The van der Waals surface area contributed by atoms with Crippen molar-refractivity contribution in [3.05, 3.63) is 28.2 Å². The molecule has 1 fully saturated rings. The molecule has 1 aliphatic heterocycles. The average molecular weight is 293 g/mol. The zero-order chi connectivity index (χ0) is 15.6. The molecule has 21 heavy (non-hydrogen) atoms. The molecule has 114 valence electrons. The number of rotatable bonds is 5. The molecule has 7 nitrogen and oxygen atoms in total.